The molecule has 5 nitrogen and oxygen atoms in total. The van der Waals surface area contributed by atoms with Crippen LogP contribution in [0.5, 0.6) is 0 Å². The first-order valence-corrected chi connectivity index (χ1v) is 8.25. The zero-order valence-corrected chi connectivity index (χ0v) is 12.7. The largest absolute Gasteiger partial charge is 0.383 e. The van der Waals surface area contributed by atoms with Crippen LogP contribution < -0.4 is 5.73 Å². The zero-order chi connectivity index (χ0) is 14.8. The molecule has 1 aliphatic rings. The summed E-state index contributed by atoms with van der Waals surface area (Å²) in [5.74, 6) is 0.0562. The van der Waals surface area contributed by atoms with Gasteiger partial charge in [-0.3, -0.25) is 0 Å². The van der Waals surface area contributed by atoms with Gasteiger partial charge in [-0.2, -0.15) is 4.31 Å². The summed E-state index contributed by atoms with van der Waals surface area (Å²) < 4.78 is 31.3. The van der Waals surface area contributed by atoms with E-state index < -0.39 is 15.3 Å². The second kappa shape index (κ2) is 6.22. The van der Waals surface area contributed by atoms with Crippen molar-refractivity contribution in [2.45, 2.75) is 24.1 Å². The van der Waals surface area contributed by atoms with Crippen molar-refractivity contribution in [3.8, 4) is 0 Å². The standard InChI is InChI=1S/C14H22N2O3S/c1-11(10-19-2)20(17,18)16-8-13(14(15)9-16)12-6-4-3-5-7-12/h3-7,11,13-14H,8-10,15H2,1-2H3/t11?,13-,14+/m0/s1. The molecule has 6 heteroatoms. The van der Waals surface area contributed by atoms with Crippen LogP contribution in [0.4, 0.5) is 0 Å². The lowest BCUT2D eigenvalue weighted by Gasteiger charge is -2.21. The van der Waals surface area contributed by atoms with Gasteiger partial charge in [-0.1, -0.05) is 30.3 Å². The van der Waals surface area contributed by atoms with Gasteiger partial charge in [-0.15, -0.1) is 0 Å². The van der Waals surface area contributed by atoms with Gasteiger partial charge in [0.2, 0.25) is 10.0 Å². The lowest BCUT2D eigenvalue weighted by atomic mass is 9.95. The highest BCUT2D eigenvalue weighted by Crippen LogP contribution is 2.29. The molecule has 1 aliphatic heterocycles. The molecule has 0 bridgehead atoms. The smallest absolute Gasteiger partial charge is 0.219 e. The highest BCUT2D eigenvalue weighted by molar-refractivity contribution is 7.89. The molecule has 20 heavy (non-hydrogen) atoms. The number of nitrogens with two attached hydrogens (primary N) is 1. The summed E-state index contributed by atoms with van der Waals surface area (Å²) in [6, 6.07) is 9.68. The summed E-state index contributed by atoms with van der Waals surface area (Å²) in [4.78, 5) is 0. The van der Waals surface area contributed by atoms with Crippen molar-refractivity contribution < 1.29 is 13.2 Å². The van der Waals surface area contributed by atoms with Gasteiger partial charge in [0.15, 0.2) is 0 Å². The summed E-state index contributed by atoms with van der Waals surface area (Å²) in [5, 5.41) is -0.547. The first-order chi connectivity index (χ1) is 9.46. The van der Waals surface area contributed by atoms with E-state index in [1.54, 1.807) is 6.92 Å². The number of hydrogen-bond acceptors (Lipinski definition) is 4. The van der Waals surface area contributed by atoms with E-state index in [1.165, 1.54) is 11.4 Å². The molecule has 1 saturated heterocycles. The first-order valence-electron chi connectivity index (χ1n) is 6.75. The molecule has 3 atom stereocenters. The molecule has 1 aromatic carbocycles. The van der Waals surface area contributed by atoms with Crippen LogP contribution in [0.3, 0.4) is 0 Å². The first kappa shape index (κ1) is 15.4. The lowest BCUT2D eigenvalue weighted by Crippen LogP contribution is -2.39. The van der Waals surface area contributed by atoms with Gasteiger partial charge in [0.25, 0.3) is 0 Å². The van der Waals surface area contributed by atoms with Crippen LogP contribution in [0.1, 0.15) is 18.4 Å². The van der Waals surface area contributed by atoms with Gasteiger partial charge < -0.3 is 10.5 Å². The van der Waals surface area contributed by atoms with E-state index in [9.17, 15) is 8.42 Å². The Hall–Kier alpha value is -0.950. The molecule has 0 amide bonds. The molecule has 1 aromatic rings. The fraction of sp³-hybridized carbons (Fsp3) is 0.571. The van der Waals surface area contributed by atoms with E-state index in [0.717, 1.165) is 5.56 Å². The molecule has 0 radical (unpaired) electrons. The van der Waals surface area contributed by atoms with E-state index in [4.69, 9.17) is 10.5 Å². The Morgan fingerprint density at radius 2 is 2.00 bits per heavy atom. The van der Waals surface area contributed by atoms with Gasteiger partial charge in [-0.25, -0.2) is 8.42 Å². The van der Waals surface area contributed by atoms with Crippen molar-refractivity contribution >= 4 is 10.0 Å². The van der Waals surface area contributed by atoms with E-state index in [-0.39, 0.29) is 18.6 Å². The van der Waals surface area contributed by atoms with Crippen molar-refractivity contribution in [2.24, 2.45) is 5.73 Å². The molecule has 0 aliphatic carbocycles. The summed E-state index contributed by atoms with van der Waals surface area (Å²) in [6.45, 7) is 2.68. The Balaban J connectivity index is 2.15. The van der Waals surface area contributed by atoms with Gasteiger partial charge in [0.1, 0.15) is 0 Å². The summed E-state index contributed by atoms with van der Waals surface area (Å²) in [7, 11) is -1.84. The molecular formula is C14H22N2O3S. The van der Waals surface area contributed by atoms with Crippen LogP contribution in [0.15, 0.2) is 30.3 Å². The molecule has 1 heterocycles. The number of hydrogen-bond donors (Lipinski definition) is 1. The number of benzene rings is 1. The maximum Gasteiger partial charge on any atom is 0.219 e. The summed E-state index contributed by atoms with van der Waals surface area (Å²) in [5.41, 5.74) is 7.23. The average Bonchev–Trinajstić information content (AvgIpc) is 2.83. The van der Waals surface area contributed by atoms with Crippen molar-refractivity contribution in [2.75, 3.05) is 26.8 Å². The third-order valence-electron chi connectivity index (χ3n) is 3.83. The zero-order valence-electron chi connectivity index (χ0n) is 11.9. The Kier molecular flexibility index (Phi) is 4.80. The molecule has 1 fully saturated rings. The second-order valence-corrected chi connectivity index (χ2v) is 7.66. The van der Waals surface area contributed by atoms with E-state index in [2.05, 4.69) is 0 Å². The normalized spacial score (nSPS) is 25.8. The monoisotopic (exact) mass is 298 g/mol. The minimum atomic E-state index is -3.35. The van der Waals surface area contributed by atoms with Crippen molar-refractivity contribution in [3.05, 3.63) is 35.9 Å². The van der Waals surface area contributed by atoms with Crippen LogP contribution in [0, 0.1) is 0 Å². The minimum Gasteiger partial charge on any atom is -0.383 e. The van der Waals surface area contributed by atoms with E-state index in [1.807, 2.05) is 30.3 Å². The van der Waals surface area contributed by atoms with E-state index in [0.29, 0.717) is 13.1 Å². The van der Waals surface area contributed by atoms with Gasteiger partial charge in [0.05, 0.1) is 11.9 Å². The highest BCUT2D eigenvalue weighted by atomic mass is 32.2. The Morgan fingerprint density at radius 3 is 2.60 bits per heavy atom. The molecule has 112 valence electrons. The van der Waals surface area contributed by atoms with Crippen LogP contribution in [-0.4, -0.2) is 50.8 Å². The third kappa shape index (κ3) is 3.03. The third-order valence-corrected chi connectivity index (χ3v) is 6.00. The van der Waals surface area contributed by atoms with Crippen LogP contribution in [-0.2, 0) is 14.8 Å². The number of methoxy groups -OCH3 is 1. The quantitative estimate of drug-likeness (QED) is 0.872. The molecular weight excluding hydrogens is 276 g/mol. The fourth-order valence-electron chi connectivity index (χ4n) is 2.63. The molecule has 0 spiro atoms. The molecule has 0 saturated carbocycles. The molecule has 1 unspecified atom stereocenters. The Labute approximate surface area is 120 Å². The molecule has 2 N–H and O–H groups in total. The van der Waals surface area contributed by atoms with Crippen LogP contribution in [0.2, 0.25) is 0 Å². The SMILES string of the molecule is COCC(C)S(=O)(=O)N1C[C@@H](N)[C@H](c2ccccc2)C1. The maximum absolute atomic E-state index is 12.4. The lowest BCUT2D eigenvalue weighted by molar-refractivity contribution is 0.198. The number of sulfonamides is 1. The molecule has 0 aromatic heterocycles. The van der Waals surface area contributed by atoms with Gasteiger partial charge in [0, 0.05) is 32.2 Å². The predicted molar refractivity (Wildman–Crippen MR) is 79.0 cm³/mol. The summed E-state index contributed by atoms with van der Waals surface area (Å²) >= 11 is 0. The Morgan fingerprint density at radius 1 is 1.35 bits per heavy atom. The van der Waals surface area contributed by atoms with Gasteiger partial charge in [-0.05, 0) is 12.5 Å². The molecule has 2 rings (SSSR count). The van der Waals surface area contributed by atoms with Crippen LogP contribution >= 0.6 is 0 Å². The van der Waals surface area contributed by atoms with Crippen LogP contribution in [0.25, 0.3) is 0 Å². The topological polar surface area (TPSA) is 72.6 Å². The Bertz CT molecular complexity index is 533. The minimum absolute atomic E-state index is 0.0562. The number of nitrogens with zero attached hydrogens (tertiary/aromatic N) is 1. The second-order valence-electron chi connectivity index (χ2n) is 5.31. The number of rotatable bonds is 5. The van der Waals surface area contributed by atoms with Crippen molar-refractivity contribution in [1.82, 2.24) is 4.31 Å². The van der Waals surface area contributed by atoms with Gasteiger partial charge >= 0.3 is 0 Å². The highest BCUT2D eigenvalue weighted by Gasteiger charge is 2.39. The average molecular weight is 298 g/mol. The maximum atomic E-state index is 12.4. The summed E-state index contributed by atoms with van der Waals surface area (Å²) in [6.07, 6.45) is 0. The van der Waals surface area contributed by atoms with E-state index >= 15 is 0 Å². The van der Waals surface area contributed by atoms with Crippen molar-refractivity contribution in [1.29, 1.82) is 0 Å². The number of ether oxygens (including phenoxy) is 1. The van der Waals surface area contributed by atoms with Crippen molar-refractivity contribution in [3.63, 3.8) is 0 Å². The predicted octanol–water partition coefficient (Wildman–Crippen LogP) is 0.778. The fourth-order valence-corrected chi connectivity index (χ4v) is 4.19.